The quantitative estimate of drug-likeness (QED) is 0.824. The number of anilines is 1. The van der Waals surface area contributed by atoms with Gasteiger partial charge in [-0.05, 0) is 25.5 Å². The minimum absolute atomic E-state index is 0.0838. The molecule has 0 heterocycles. The summed E-state index contributed by atoms with van der Waals surface area (Å²) >= 11 is 0. The van der Waals surface area contributed by atoms with Crippen LogP contribution in [0.3, 0.4) is 0 Å². The molecule has 1 atom stereocenters. The van der Waals surface area contributed by atoms with Gasteiger partial charge in [0.2, 0.25) is 0 Å². The van der Waals surface area contributed by atoms with E-state index in [1.54, 1.807) is 13.1 Å². The van der Waals surface area contributed by atoms with Gasteiger partial charge in [-0.1, -0.05) is 13.0 Å². The van der Waals surface area contributed by atoms with Crippen molar-refractivity contribution in [2.75, 3.05) is 12.4 Å². The molecule has 1 aromatic rings. The standard InChI is InChI=1S/C12H17FN2O/c1-4-8(2)15-12(16)9-6-5-7-10(13)11(9)14-3/h5-8,14H,4H2,1-3H3,(H,15,16). The minimum atomic E-state index is -0.417. The van der Waals surface area contributed by atoms with Gasteiger partial charge in [-0.25, -0.2) is 4.39 Å². The monoisotopic (exact) mass is 224 g/mol. The number of rotatable bonds is 4. The molecule has 0 radical (unpaired) electrons. The zero-order valence-corrected chi connectivity index (χ0v) is 9.80. The molecule has 0 fully saturated rings. The maximum absolute atomic E-state index is 13.4. The summed E-state index contributed by atoms with van der Waals surface area (Å²) in [4.78, 5) is 11.8. The van der Waals surface area contributed by atoms with Crippen molar-refractivity contribution in [3.63, 3.8) is 0 Å². The average molecular weight is 224 g/mol. The van der Waals surface area contributed by atoms with Crippen LogP contribution in [0.5, 0.6) is 0 Å². The molecular formula is C12H17FN2O. The lowest BCUT2D eigenvalue weighted by atomic mass is 10.1. The summed E-state index contributed by atoms with van der Waals surface area (Å²) in [7, 11) is 1.60. The Balaban J connectivity index is 2.95. The van der Waals surface area contributed by atoms with E-state index in [0.29, 0.717) is 5.56 Å². The van der Waals surface area contributed by atoms with E-state index in [-0.39, 0.29) is 17.6 Å². The molecule has 0 aromatic heterocycles. The van der Waals surface area contributed by atoms with Crippen molar-refractivity contribution in [2.45, 2.75) is 26.3 Å². The molecule has 0 aliphatic heterocycles. The molecule has 1 aromatic carbocycles. The fraction of sp³-hybridized carbons (Fsp3) is 0.417. The van der Waals surface area contributed by atoms with Gasteiger partial charge in [-0.15, -0.1) is 0 Å². The lowest BCUT2D eigenvalue weighted by molar-refractivity contribution is 0.0939. The van der Waals surface area contributed by atoms with Crippen LogP contribution in [-0.4, -0.2) is 19.0 Å². The van der Waals surface area contributed by atoms with Crippen molar-refractivity contribution >= 4 is 11.6 Å². The Hall–Kier alpha value is -1.58. The average Bonchev–Trinajstić information content (AvgIpc) is 2.28. The second kappa shape index (κ2) is 5.49. The Bertz CT molecular complexity index is 379. The molecule has 3 nitrogen and oxygen atoms in total. The van der Waals surface area contributed by atoms with Crippen LogP contribution in [0.15, 0.2) is 18.2 Å². The van der Waals surface area contributed by atoms with E-state index in [0.717, 1.165) is 6.42 Å². The number of hydrogen-bond donors (Lipinski definition) is 2. The topological polar surface area (TPSA) is 41.1 Å². The van der Waals surface area contributed by atoms with Crippen LogP contribution in [0.2, 0.25) is 0 Å². The highest BCUT2D eigenvalue weighted by molar-refractivity contribution is 5.99. The Morgan fingerprint density at radius 2 is 2.19 bits per heavy atom. The number of nitrogens with one attached hydrogen (secondary N) is 2. The zero-order valence-electron chi connectivity index (χ0n) is 9.80. The molecule has 88 valence electrons. The van der Waals surface area contributed by atoms with Crippen molar-refractivity contribution in [1.82, 2.24) is 5.32 Å². The molecule has 4 heteroatoms. The van der Waals surface area contributed by atoms with Crippen LogP contribution < -0.4 is 10.6 Å². The van der Waals surface area contributed by atoms with E-state index < -0.39 is 5.82 Å². The summed E-state index contributed by atoms with van der Waals surface area (Å²) < 4.78 is 13.4. The first-order valence-electron chi connectivity index (χ1n) is 5.37. The van der Waals surface area contributed by atoms with Gasteiger partial charge in [0.1, 0.15) is 5.82 Å². The van der Waals surface area contributed by atoms with Crippen molar-refractivity contribution < 1.29 is 9.18 Å². The lowest BCUT2D eigenvalue weighted by Crippen LogP contribution is -2.32. The number of hydrogen-bond acceptors (Lipinski definition) is 2. The zero-order chi connectivity index (χ0) is 12.1. The Labute approximate surface area is 95.0 Å². The van der Waals surface area contributed by atoms with E-state index in [2.05, 4.69) is 10.6 Å². The first-order valence-corrected chi connectivity index (χ1v) is 5.37. The van der Waals surface area contributed by atoms with Crippen LogP contribution in [0.25, 0.3) is 0 Å². The minimum Gasteiger partial charge on any atom is -0.385 e. The molecule has 0 aliphatic carbocycles. The summed E-state index contributed by atoms with van der Waals surface area (Å²) in [6.07, 6.45) is 0.843. The number of carbonyl (C=O) groups is 1. The van der Waals surface area contributed by atoms with Crippen LogP contribution >= 0.6 is 0 Å². The van der Waals surface area contributed by atoms with Gasteiger partial charge in [0, 0.05) is 13.1 Å². The summed E-state index contributed by atoms with van der Waals surface area (Å²) in [5.74, 6) is -0.669. The van der Waals surface area contributed by atoms with Gasteiger partial charge >= 0.3 is 0 Å². The first kappa shape index (κ1) is 12.5. The maximum atomic E-state index is 13.4. The number of carbonyl (C=O) groups excluding carboxylic acids is 1. The van der Waals surface area contributed by atoms with E-state index >= 15 is 0 Å². The second-order valence-electron chi connectivity index (χ2n) is 3.70. The summed E-state index contributed by atoms with van der Waals surface area (Å²) in [6.45, 7) is 3.89. The molecule has 0 spiro atoms. The first-order chi connectivity index (χ1) is 7.60. The Morgan fingerprint density at radius 3 is 2.75 bits per heavy atom. The van der Waals surface area contributed by atoms with Gasteiger partial charge in [-0.3, -0.25) is 4.79 Å². The smallest absolute Gasteiger partial charge is 0.253 e. The van der Waals surface area contributed by atoms with Gasteiger partial charge in [0.05, 0.1) is 11.3 Å². The largest absolute Gasteiger partial charge is 0.385 e. The number of amides is 1. The van der Waals surface area contributed by atoms with Crippen molar-refractivity contribution in [3.05, 3.63) is 29.6 Å². The number of benzene rings is 1. The highest BCUT2D eigenvalue weighted by Gasteiger charge is 2.14. The van der Waals surface area contributed by atoms with Crippen LogP contribution in [0.4, 0.5) is 10.1 Å². The normalized spacial score (nSPS) is 12.0. The lowest BCUT2D eigenvalue weighted by Gasteiger charge is -2.14. The van der Waals surface area contributed by atoms with Gasteiger partial charge < -0.3 is 10.6 Å². The number of halogens is 1. The summed E-state index contributed by atoms with van der Waals surface area (Å²) in [6, 6.07) is 4.54. The molecule has 1 amide bonds. The Morgan fingerprint density at radius 1 is 1.50 bits per heavy atom. The van der Waals surface area contributed by atoms with Crippen molar-refractivity contribution in [2.24, 2.45) is 0 Å². The van der Waals surface area contributed by atoms with Crippen LogP contribution in [-0.2, 0) is 0 Å². The number of para-hydroxylation sites is 1. The molecule has 0 saturated carbocycles. The van der Waals surface area contributed by atoms with Gasteiger partial charge in [0.15, 0.2) is 0 Å². The van der Waals surface area contributed by atoms with Crippen molar-refractivity contribution in [3.8, 4) is 0 Å². The van der Waals surface area contributed by atoms with E-state index in [1.807, 2.05) is 13.8 Å². The molecule has 2 N–H and O–H groups in total. The predicted octanol–water partition coefficient (Wildman–Crippen LogP) is 2.40. The highest BCUT2D eigenvalue weighted by atomic mass is 19.1. The summed E-state index contributed by atoms with van der Waals surface area (Å²) in [5.41, 5.74) is 0.575. The molecule has 16 heavy (non-hydrogen) atoms. The molecule has 0 aliphatic rings. The maximum Gasteiger partial charge on any atom is 0.253 e. The SMILES string of the molecule is CCC(C)NC(=O)c1cccc(F)c1NC. The van der Waals surface area contributed by atoms with Crippen LogP contribution in [0, 0.1) is 5.82 Å². The van der Waals surface area contributed by atoms with E-state index in [9.17, 15) is 9.18 Å². The second-order valence-corrected chi connectivity index (χ2v) is 3.70. The van der Waals surface area contributed by atoms with Crippen LogP contribution in [0.1, 0.15) is 30.6 Å². The predicted molar refractivity (Wildman–Crippen MR) is 63.2 cm³/mol. The van der Waals surface area contributed by atoms with Crippen molar-refractivity contribution in [1.29, 1.82) is 0 Å². The highest BCUT2D eigenvalue weighted by Crippen LogP contribution is 2.19. The van der Waals surface area contributed by atoms with Gasteiger partial charge in [0.25, 0.3) is 5.91 Å². The van der Waals surface area contributed by atoms with E-state index in [1.165, 1.54) is 12.1 Å². The van der Waals surface area contributed by atoms with E-state index in [4.69, 9.17) is 0 Å². The third kappa shape index (κ3) is 2.72. The fourth-order valence-electron chi connectivity index (χ4n) is 1.37. The molecule has 0 saturated heterocycles. The third-order valence-electron chi connectivity index (χ3n) is 2.50. The molecule has 0 bridgehead atoms. The fourth-order valence-corrected chi connectivity index (χ4v) is 1.37. The third-order valence-corrected chi connectivity index (χ3v) is 2.50. The summed E-state index contributed by atoms with van der Waals surface area (Å²) in [5, 5.41) is 5.50. The molecule has 1 unspecified atom stereocenters. The van der Waals surface area contributed by atoms with Gasteiger partial charge in [-0.2, -0.15) is 0 Å². The molecule has 1 rings (SSSR count). The molecular weight excluding hydrogens is 207 g/mol. The Kier molecular flexibility index (Phi) is 4.28.